The highest BCUT2D eigenvalue weighted by Gasteiger charge is 2.11. The third-order valence-corrected chi connectivity index (χ3v) is 4.58. The average molecular weight is 347 g/mol. The van der Waals surface area contributed by atoms with Crippen molar-refractivity contribution in [2.24, 2.45) is 0 Å². The van der Waals surface area contributed by atoms with E-state index < -0.39 is 9.84 Å². The van der Waals surface area contributed by atoms with Gasteiger partial charge in [-0.1, -0.05) is 30.3 Å². The minimum atomic E-state index is -3.33. The van der Waals surface area contributed by atoms with Crippen LogP contribution >= 0.6 is 0 Å². The molecule has 0 saturated heterocycles. The maximum Gasteiger partial charge on any atom is 0.251 e. The van der Waals surface area contributed by atoms with E-state index in [9.17, 15) is 13.2 Å². The molecule has 0 aliphatic rings. The van der Waals surface area contributed by atoms with Gasteiger partial charge < -0.3 is 10.1 Å². The van der Waals surface area contributed by atoms with E-state index in [0.29, 0.717) is 25.3 Å². The predicted octanol–water partition coefficient (Wildman–Crippen LogP) is 2.56. The molecular formula is C18H21NO4S. The summed E-state index contributed by atoms with van der Waals surface area (Å²) >= 11 is 0. The fourth-order valence-corrected chi connectivity index (χ4v) is 2.79. The molecule has 0 atom stereocenters. The molecule has 128 valence electrons. The van der Waals surface area contributed by atoms with Crippen LogP contribution in [0, 0.1) is 0 Å². The maximum absolute atomic E-state index is 12.2. The van der Waals surface area contributed by atoms with Crippen LogP contribution in [0.15, 0.2) is 53.4 Å². The topological polar surface area (TPSA) is 72.5 Å². The molecule has 1 amide bonds. The Hall–Kier alpha value is -2.18. The molecule has 6 heteroatoms. The van der Waals surface area contributed by atoms with E-state index in [2.05, 4.69) is 5.32 Å². The molecule has 2 rings (SSSR count). The molecule has 0 spiro atoms. The number of hydrogen-bond donors (Lipinski definition) is 1. The van der Waals surface area contributed by atoms with Crippen molar-refractivity contribution < 1.29 is 17.9 Å². The van der Waals surface area contributed by atoms with E-state index in [1.54, 1.807) is 12.1 Å². The Morgan fingerprint density at radius 1 is 1.08 bits per heavy atom. The largest absolute Gasteiger partial charge is 0.377 e. The zero-order valence-corrected chi connectivity index (χ0v) is 14.6. The second-order valence-electron chi connectivity index (χ2n) is 5.44. The first-order chi connectivity index (χ1) is 11.4. The van der Waals surface area contributed by atoms with Crippen LogP contribution in [0.4, 0.5) is 0 Å². The van der Waals surface area contributed by atoms with Crippen molar-refractivity contribution in [1.82, 2.24) is 5.32 Å². The van der Waals surface area contributed by atoms with Crippen LogP contribution in [-0.4, -0.2) is 27.2 Å². The summed E-state index contributed by atoms with van der Waals surface area (Å²) in [4.78, 5) is 12.3. The molecule has 0 bridgehead atoms. The minimum absolute atomic E-state index is 0.135. The summed E-state index contributed by atoms with van der Waals surface area (Å²) in [5, 5.41) is 2.79. The number of rotatable bonds is 7. The molecule has 2 aromatic rings. The standard InChI is InChI=1S/C18H21NO4S/c1-3-23-13-15-9-7-14(8-10-15)12-19-18(20)16-5-4-6-17(11-16)24(2,21)22/h4-11H,3,12-13H2,1-2H3,(H,19,20). The van der Waals surface area contributed by atoms with Crippen LogP contribution in [0.25, 0.3) is 0 Å². The Morgan fingerprint density at radius 3 is 2.38 bits per heavy atom. The predicted molar refractivity (Wildman–Crippen MR) is 92.5 cm³/mol. The zero-order valence-electron chi connectivity index (χ0n) is 13.8. The van der Waals surface area contributed by atoms with Gasteiger partial charge in [0.05, 0.1) is 11.5 Å². The van der Waals surface area contributed by atoms with Gasteiger partial charge in [0.25, 0.3) is 5.91 Å². The first-order valence-electron chi connectivity index (χ1n) is 7.64. The van der Waals surface area contributed by atoms with Gasteiger partial charge in [0.15, 0.2) is 9.84 Å². The summed E-state index contributed by atoms with van der Waals surface area (Å²) in [6, 6.07) is 13.8. The van der Waals surface area contributed by atoms with Crippen molar-refractivity contribution in [3.8, 4) is 0 Å². The lowest BCUT2D eigenvalue weighted by molar-refractivity contribution is 0.0950. The number of carbonyl (C=O) groups is 1. The van der Waals surface area contributed by atoms with E-state index in [1.807, 2.05) is 31.2 Å². The van der Waals surface area contributed by atoms with Crippen molar-refractivity contribution in [3.63, 3.8) is 0 Å². The molecule has 5 nitrogen and oxygen atoms in total. The highest BCUT2D eigenvalue weighted by atomic mass is 32.2. The SMILES string of the molecule is CCOCc1ccc(CNC(=O)c2cccc(S(C)(=O)=O)c2)cc1. The lowest BCUT2D eigenvalue weighted by Gasteiger charge is -2.08. The first-order valence-corrected chi connectivity index (χ1v) is 9.53. The third kappa shape index (κ3) is 5.18. The smallest absolute Gasteiger partial charge is 0.251 e. The van der Waals surface area contributed by atoms with Crippen molar-refractivity contribution in [3.05, 3.63) is 65.2 Å². The van der Waals surface area contributed by atoms with E-state index in [1.165, 1.54) is 12.1 Å². The average Bonchev–Trinajstić information content (AvgIpc) is 2.58. The Morgan fingerprint density at radius 2 is 1.75 bits per heavy atom. The third-order valence-electron chi connectivity index (χ3n) is 3.47. The second-order valence-corrected chi connectivity index (χ2v) is 7.45. The lowest BCUT2D eigenvalue weighted by Crippen LogP contribution is -2.23. The summed E-state index contributed by atoms with van der Waals surface area (Å²) in [6.45, 7) is 3.56. The number of ether oxygens (including phenoxy) is 1. The number of hydrogen-bond acceptors (Lipinski definition) is 4. The summed E-state index contributed by atoms with van der Waals surface area (Å²) < 4.78 is 28.4. The van der Waals surface area contributed by atoms with Crippen LogP contribution < -0.4 is 5.32 Å². The monoisotopic (exact) mass is 347 g/mol. The molecule has 0 heterocycles. The molecule has 0 fully saturated rings. The maximum atomic E-state index is 12.2. The van der Waals surface area contributed by atoms with Crippen molar-refractivity contribution >= 4 is 15.7 Å². The molecule has 0 aliphatic heterocycles. The first kappa shape index (κ1) is 18.2. The summed E-state index contributed by atoms with van der Waals surface area (Å²) in [7, 11) is -3.33. The molecule has 0 aliphatic carbocycles. The normalized spacial score (nSPS) is 11.2. The second kappa shape index (κ2) is 8.08. The number of nitrogens with one attached hydrogen (secondary N) is 1. The Balaban J connectivity index is 1.98. The van der Waals surface area contributed by atoms with E-state index in [-0.39, 0.29) is 10.8 Å². The lowest BCUT2D eigenvalue weighted by atomic mass is 10.1. The van der Waals surface area contributed by atoms with E-state index in [0.717, 1.165) is 17.4 Å². The molecule has 0 saturated carbocycles. The summed E-state index contributed by atoms with van der Waals surface area (Å²) in [6.07, 6.45) is 1.12. The molecule has 0 aromatic heterocycles. The van der Waals surface area contributed by atoms with Gasteiger partial charge in [0.1, 0.15) is 0 Å². The highest BCUT2D eigenvalue weighted by Crippen LogP contribution is 2.12. The zero-order chi connectivity index (χ0) is 17.6. The van der Waals surface area contributed by atoms with Crippen molar-refractivity contribution in [1.29, 1.82) is 0 Å². The summed E-state index contributed by atoms with van der Waals surface area (Å²) in [5.74, 6) is -0.307. The van der Waals surface area contributed by atoms with Crippen LogP contribution in [-0.2, 0) is 27.7 Å². The van der Waals surface area contributed by atoms with Gasteiger partial charge in [0, 0.05) is 25.0 Å². The number of carbonyl (C=O) groups excluding carboxylic acids is 1. The molecular weight excluding hydrogens is 326 g/mol. The van der Waals surface area contributed by atoms with Gasteiger partial charge >= 0.3 is 0 Å². The number of amides is 1. The molecule has 2 aromatic carbocycles. The molecule has 0 radical (unpaired) electrons. The molecule has 0 unspecified atom stereocenters. The summed E-state index contributed by atoms with van der Waals surface area (Å²) in [5.41, 5.74) is 2.36. The molecule has 24 heavy (non-hydrogen) atoms. The van der Waals surface area contributed by atoms with Crippen molar-refractivity contribution in [2.45, 2.75) is 25.0 Å². The number of sulfone groups is 1. The molecule has 1 N–H and O–H groups in total. The fourth-order valence-electron chi connectivity index (χ4n) is 2.13. The fraction of sp³-hybridized carbons (Fsp3) is 0.278. The van der Waals surface area contributed by atoms with E-state index in [4.69, 9.17) is 4.74 Å². The van der Waals surface area contributed by atoms with Gasteiger partial charge in [-0.2, -0.15) is 0 Å². The van der Waals surface area contributed by atoms with Gasteiger partial charge in [-0.25, -0.2) is 8.42 Å². The Bertz CT molecular complexity index is 798. The van der Waals surface area contributed by atoms with Gasteiger partial charge in [0.2, 0.25) is 0 Å². The van der Waals surface area contributed by atoms with Gasteiger partial charge in [-0.15, -0.1) is 0 Å². The van der Waals surface area contributed by atoms with Crippen LogP contribution in [0.5, 0.6) is 0 Å². The quantitative estimate of drug-likeness (QED) is 0.835. The van der Waals surface area contributed by atoms with Crippen LogP contribution in [0.1, 0.15) is 28.4 Å². The van der Waals surface area contributed by atoms with Gasteiger partial charge in [-0.3, -0.25) is 4.79 Å². The number of benzene rings is 2. The van der Waals surface area contributed by atoms with Gasteiger partial charge in [-0.05, 0) is 36.2 Å². The van der Waals surface area contributed by atoms with Crippen molar-refractivity contribution in [2.75, 3.05) is 12.9 Å². The Kier molecular flexibility index (Phi) is 6.11. The van der Waals surface area contributed by atoms with Crippen LogP contribution in [0.2, 0.25) is 0 Å². The Labute approximate surface area is 142 Å². The highest BCUT2D eigenvalue weighted by molar-refractivity contribution is 7.90. The minimum Gasteiger partial charge on any atom is -0.377 e. The van der Waals surface area contributed by atoms with Crippen LogP contribution in [0.3, 0.4) is 0 Å². The van der Waals surface area contributed by atoms with E-state index >= 15 is 0 Å².